The van der Waals surface area contributed by atoms with Gasteiger partial charge in [-0.15, -0.1) is 5.10 Å². The lowest BCUT2D eigenvalue weighted by Gasteiger charge is -2.36. The van der Waals surface area contributed by atoms with Gasteiger partial charge in [0, 0.05) is 39.4 Å². The molecule has 0 spiro atoms. The van der Waals surface area contributed by atoms with Crippen LogP contribution in [0.15, 0.2) is 36.7 Å². The number of aliphatic carboxylic acids is 1. The van der Waals surface area contributed by atoms with E-state index in [1.165, 1.54) is 16.9 Å². The molecule has 3 heterocycles. The van der Waals surface area contributed by atoms with E-state index in [9.17, 15) is 13.2 Å². The molecule has 0 saturated heterocycles. The Bertz CT molecular complexity index is 1040. The second-order valence-electron chi connectivity index (χ2n) is 6.74. The molecule has 4 rings (SSSR count). The molecule has 0 fully saturated rings. The van der Waals surface area contributed by atoms with Gasteiger partial charge in [-0.2, -0.15) is 13.2 Å². The normalized spacial score (nSPS) is 13.6. The van der Waals surface area contributed by atoms with Crippen molar-refractivity contribution < 1.29 is 23.1 Å². The van der Waals surface area contributed by atoms with E-state index in [-0.39, 0.29) is 0 Å². The molecule has 3 aromatic rings. The number of halogens is 3. The third-order valence-electron chi connectivity index (χ3n) is 4.73. The number of carboxylic acid groups (broad SMARTS) is 1. The maximum atomic E-state index is 10.6. The number of carboxylic acids is 1. The molecule has 1 N–H and O–H groups in total. The molecule has 0 bridgehead atoms. The maximum absolute atomic E-state index is 10.6. The lowest BCUT2D eigenvalue weighted by molar-refractivity contribution is -0.192. The molecule has 0 aliphatic carbocycles. The minimum atomic E-state index is -5.08. The van der Waals surface area contributed by atoms with Gasteiger partial charge in [0.25, 0.3) is 0 Å². The second-order valence-corrected chi connectivity index (χ2v) is 6.74. The number of anilines is 2. The van der Waals surface area contributed by atoms with Crippen molar-refractivity contribution in [2.45, 2.75) is 26.2 Å². The number of aromatic nitrogens is 4. The number of nitrogens with zero attached hydrogens (tertiary/aromatic N) is 6. The summed E-state index contributed by atoms with van der Waals surface area (Å²) in [5.41, 5.74) is 5.74. The van der Waals surface area contributed by atoms with Gasteiger partial charge >= 0.3 is 12.1 Å². The molecule has 1 aliphatic heterocycles. The Morgan fingerprint density at radius 3 is 2.60 bits per heavy atom. The number of pyridine rings is 1. The summed E-state index contributed by atoms with van der Waals surface area (Å²) in [6.07, 6.45) is -1.27. The van der Waals surface area contributed by atoms with Crippen molar-refractivity contribution in [1.29, 1.82) is 0 Å². The number of carbonyl (C=O) groups is 1. The van der Waals surface area contributed by atoms with E-state index in [0.717, 1.165) is 37.2 Å². The number of rotatable bonds is 3. The van der Waals surface area contributed by atoms with Crippen molar-refractivity contribution in [1.82, 2.24) is 20.0 Å². The average Bonchev–Trinajstić information content (AvgIpc) is 3.12. The van der Waals surface area contributed by atoms with E-state index in [1.807, 2.05) is 17.1 Å². The van der Waals surface area contributed by atoms with Crippen LogP contribution in [0.2, 0.25) is 0 Å². The predicted octanol–water partition coefficient (Wildman–Crippen LogP) is 2.94. The van der Waals surface area contributed by atoms with E-state index in [1.54, 1.807) is 0 Å². The van der Waals surface area contributed by atoms with Crippen LogP contribution in [0.5, 0.6) is 0 Å². The summed E-state index contributed by atoms with van der Waals surface area (Å²) in [5.74, 6) is -2.76. The summed E-state index contributed by atoms with van der Waals surface area (Å²) < 4.78 is 33.7. The number of hydrogen-bond acceptors (Lipinski definition) is 6. The molecule has 0 unspecified atom stereocenters. The Balaban J connectivity index is 0.000000318. The molecule has 0 atom stereocenters. The van der Waals surface area contributed by atoms with Crippen molar-refractivity contribution in [2.75, 3.05) is 29.9 Å². The van der Waals surface area contributed by atoms with Crippen molar-refractivity contribution in [3.63, 3.8) is 0 Å². The van der Waals surface area contributed by atoms with Crippen LogP contribution in [0.4, 0.5) is 24.5 Å². The van der Waals surface area contributed by atoms with Gasteiger partial charge in [0.05, 0.1) is 23.1 Å². The van der Waals surface area contributed by atoms with Gasteiger partial charge in [-0.25, -0.2) is 9.48 Å². The molecular weight excluding hydrogens is 401 g/mol. The zero-order valence-corrected chi connectivity index (χ0v) is 16.5. The Kier molecular flexibility index (Phi) is 6.09. The number of hydrogen-bond donors (Lipinski definition) is 1. The number of alkyl halides is 3. The molecule has 2 aromatic heterocycles. The Hall–Kier alpha value is -3.37. The molecule has 1 aliphatic rings. The van der Waals surface area contributed by atoms with Crippen molar-refractivity contribution in [2.24, 2.45) is 0 Å². The summed E-state index contributed by atoms with van der Waals surface area (Å²) in [7, 11) is 2.13. The van der Waals surface area contributed by atoms with Gasteiger partial charge in [0.1, 0.15) is 5.52 Å². The minimum absolute atomic E-state index is 0.841. The lowest BCUT2D eigenvalue weighted by Crippen LogP contribution is -2.38. The Morgan fingerprint density at radius 1 is 1.20 bits per heavy atom. The van der Waals surface area contributed by atoms with Gasteiger partial charge in [-0.05, 0) is 30.7 Å². The second kappa shape index (κ2) is 8.56. The highest BCUT2D eigenvalue weighted by atomic mass is 19.4. The van der Waals surface area contributed by atoms with Crippen LogP contribution in [0.3, 0.4) is 0 Å². The zero-order valence-electron chi connectivity index (χ0n) is 16.5. The first kappa shape index (κ1) is 21.3. The smallest absolute Gasteiger partial charge is 0.475 e. The first-order valence-corrected chi connectivity index (χ1v) is 9.23. The fourth-order valence-electron chi connectivity index (χ4n) is 3.19. The molecule has 1 aromatic carbocycles. The lowest BCUT2D eigenvalue weighted by atomic mass is 10.1. The molecule has 160 valence electrons. The van der Waals surface area contributed by atoms with E-state index in [2.05, 4.69) is 63.3 Å². The van der Waals surface area contributed by atoms with E-state index in [4.69, 9.17) is 9.90 Å². The van der Waals surface area contributed by atoms with Gasteiger partial charge in [0.15, 0.2) is 0 Å². The standard InChI is InChI=1S/C17H20N6.C2HF3O2/c1-3-23-15-5-4-13(10-14(15)19-20-23)12-22-9-8-21(2)16-6-7-18-11-17(16)22;3-2(4,5)1(6)7/h4-7,10-11H,3,8-9,12H2,1-2H3;(H,6,7). The summed E-state index contributed by atoms with van der Waals surface area (Å²) in [4.78, 5) is 17.9. The third-order valence-corrected chi connectivity index (χ3v) is 4.73. The molecule has 8 nitrogen and oxygen atoms in total. The summed E-state index contributed by atoms with van der Waals surface area (Å²) in [5, 5.41) is 15.6. The predicted molar refractivity (Wildman–Crippen MR) is 105 cm³/mol. The first-order valence-electron chi connectivity index (χ1n) is 9.23. The van der Waals surface area contributed by atoms with Gasteiger partial charge in [0.2, 0.25) is 0 Å². The van der Waals surface area contributed by atoms with Crippen LogP contribution in [-0.4, -0.2) is 57.4 Å². The first-order chi connectivity index (χ1) is 14.2. The SMILES string of the molecule is CCn1nnc2cc(CN3CCN(C)c4ccncc43)ccc21.O=C(O)C(F)(F)F. The monoisotopic (exact) mass is 422 g/mol. The molecule has 11 heteroatoms. The van der Waals surface area contributed by atoms with E-state index in [0.29, 0.717) is 0 Å². The van der Waals surface area contributed by atoms with Crippen LogP contribution in [0, 0.1) is 0 Å². The van der Waals surface area contributed by atoms with Gasteiger partial charge < -0.3 is 14.9 Å². The molecule has 30 heavy (non-hydrogen) atoms. The fourth-order valence-corrected chi connectivity index (χ4v) is 3.19. The fraction of sp³-hybridized carbons (Fsp3) is 0.368. The van der Waals surface area contributed by atoms with Crippen LogP contribution in [0.25, 0.3) is 11.0 Å². The van der Waals surface area contributed by atoms with Crippen molar-refractivity contribution in [3.8, 4) is 0 Å². The highest BCUT2D eigenvalue weighted by Crippen LogP contribution is 2.32. The van der Waals surface area contributed by atoms with Crippen LogP contribution in [-0.2, 0) is 17.9 Å². The topological polar surface area (TPSA) is 87.4 Å². The molecule has 0 saturated carbocycles. The van der Waals surface area contributed by atoms with Gasteiger partial charge in [-0.3, -0.25) is 4.98 Å². The van der Waals surface area contributed by atoms with E-state index < -0.39 is 12.1 Å². The van der Waals surface area contributed by atoms with Gasteiger partial charge in [-0.1, -0.05) is 11.3 Å². The average molecular weight is 422 g/mol. The van der Waals surface area contributed by atoms with Crippen LogP contribution >= 0.6 is 0 Å². The Labute approximate surface area is 170 Å². The van der Waals surface area contributed by atoms with E-state index >= 15 is 0 Å². The number of likely N-dealkylation sites (N-methyl/N-ethyl adjacent to an activating group) is 1. The van der Waals surface area contributed by atoms with Crippen LogP contribution in [0.1, 0.15) is 12.5 Å². The van der Waals surface area contributed by atoms with Crippen LogP contribution < -0.4 is 9.80 Å². The highest BCUT2D eigenvalue weighted by molar-refractivity contribution is 5.76. The number of aryl methyl sites for hydroxylation is 1. The highest BCUT2D eigenvalue weighted by Gasteiger charge is 2.38. The number of fused-ring (bicyclic) bond motifs is 2. The quantitative estimate of drug-likeness (QED) is 0.694. The molecule has 0 amide bonds. The minimum Gasteiger partial charge on any atom is -0.475 e. The Morgan fingerprint density at radius 2 is 1.93 bits per heavy atom. The zero-order chi connectivity index (χ0) is 21.9. The number of benzene rings is 1. The van der Waals surface area contributed by atoms with Crippen molar-refractivity contribution >= 4 is 28.4 Å². The summed E-state index contributed by atoms with van der Waals surface area (Å²) in [6, 6.07) is 8.51. The summed E-state index contributed by atoms with van der Waals surface area (Å²) in [6.45, 7) is 5.80. The van der Waals surface area contributed by atoms with Crippen molar-refractivity contribution in [3.05, 3.63) is 42.2 Å². The molecular formula is C19H21F3N6O2. The third kappa shape index (κ3) is 4.61. The largest absolute Gasteiger partial charge is 0.490 e. The summed E-state index contributed by atoms with van der Waals surface area (Å²) >= 11 is 0. The maximum Gasteiger partial charge on any atom is 0.490 e. The molecule has 0 radical (unpaired) electrons.